The summed E-state index contributed by atoms with van der Waals surface area (Å²) >= 11 is 0. The molecule has 21 heavy (non-hydrogen) atoms. The van der Waals surface area contributed by atoms with E-state index in [1.165, 1.54) is 0 Å². The third-order valence-electron chi connectivity index (χ3n) is 4.32. The largest absolute Gasteiger partial charge is 0.356 e. The van der Waals surface area contributed by atoms with E-state index in [9.17, 15) is 9.59 Å². The number of amides is 2. The van der Waals surface area contributed by atoms with Gasteiger partial charge < -0.3 is 20.1 Å². The lowest BCUT2D eigenvalue weighted by Crippen LogP contribution is -2.52. The molecule has 6 nitrogen and oxygen atoms in total. The summed E-state index contributed by atoms with van der Waals surface area (Å²) in [6.45, 7) is 6.01. The van der Waals surface area contributed by atoms with Gasteiger partial charge in [-0.05, 0) is 25.8 Å². The fourth-order valence-corrected chi connectivity index (χ4v) is 3.04. The molecule has 0 bridgehead atoms. The Morgan fingerprint density at radius 3 is 2.67 bits per heavy atom. The second-order valence-electron chi connectivity index (χ2n) is 5.85. The molecule has 2 fully saturated rings. The summed E-state index contributed by atoms with van der Waals surface area (Å²) in [6, 6.07) is 1.87. The SMILES string of the molecule is C[C@@H]1CNCCN1C(=O)c1c[nH]c(C(=O)N2CCCC2)c1. The van der Waals surface area contributed by atoms with E-state index in [1.807, 2.05) is 16.7 Å². The van der Waals surface area contributed by atoms with Crippen LogP contribution in [0.25, 0.3) is 0 Å². The first-order valence-corrected chi connectivity index (χ1v) is 7.66. The van der Waals surface area contributed by atoms with Gasteiger partial charge in [0.15, 0.2) is 0 Å². The Morgan fingerprint density at radius 1 is 1.19 bits per heavy atom. The number of rotatable bonds is 2. The number of H-pyrrole nitrogens is 1. The maximum absolute atomic E-state index is 12.5. The quantitative estimate of drug-likeness (QED) is 0.842. The highest BCUT2D eigenvalue weighted by atomic mass is 16.2. The van der Waals surface area contributed by atoms with E-state index >= 15 is 0 Å². The van der Waals surface area contributed by atoms with Gasteiger partial charge in [-0.2, -0.15) is 0 Å². The van der Waals surface area contributed by atoms with Crippen molar-refractivity contribution in [2.45, 2.75) is 25.8 Å². The van der Waals surface area contributed by atoms with Crippen LogP contribution in [-0.4, -0.2) is 65.4 Å². The molecule has 2 saturated heterocycles. The van der Waals surface area contributed by atoms with Crippen molar-refractivity contribution in [2.24, 2.45) is 0 Å². The number of carbonyl (C=O) groups is 2. The molecule has 1 atom stereocenters. The molecule has 0 aliphatic carbocycles. The molecule has 6 heteroatoms. The van der Waals surface area contributed by atoms with Crippen LogP contribution in [-0.2, 0) is 0 Å². The third-order valence-corrected chi connectivity index (χ3v) is 4.32. The highest BCUT2D eigenvalue weighted by Gasteiger charge is 2.26. The Kier molecular flexibility index (Phi) is 3.96. The summed E-state index contributed by atoms with van der Waals surface area (Å²) in [4.78, 5) is 31.5. The number of carbonyl (C=O) groups excluding carboxylic acids is 2. The Bertz CT molecular complexity index is 534. The first kappa shape index (κ1) is 14.1. The first-order chi connectivity index (χ1) is 10.2. The molecule has 0 unspecified atom stereocenters. The third kappa shape index (κ3) is 2.81. The van der Waals surface area contributed by atoms with Crippen LogP contribution in [0.3, 0.4) is 0 Å². The summed E-state index contributed by atoms with van der Waals surface area (Å²) in [5.41, 5.74) is 1.09. The number of likely N-dealkylation sites (tertiary alicyclic amines) is 1. The molecule has 0 spiro atoms. The van der Waals surface area contributed by atoms with Gasteiger partial charge in [-0.25, -0.2) is 0 Å². The molecule has 3 rings (SSSR count). The Balaban J connectivity index is 1.71. The molecule has 0 radical (unpaired) electrons. The van der Waals surface area contributed by atoms with Crippen LogP contribution in [0.5, 0.6) is 0 Å². The van der Waals surface area contributed by atoms with Crippen molar-refractivity contribution >= 4 is 11.8 Å². The number of piperazine rings is 1. The van der Waals surface area contributed by atoms with Crippen molar-refractivity contribution in [1.29, 1.82) is 0 Å². The van der Waals surface area contributed by atoms with Crippen molar-refractivity contribution in [2.75, 3.05) is 32.7 Å². The second kappa shape index (κ2) is 5.89. The Morgan fingerprint density at radius 2 is 1.95 bits per heavy atom. The molecule has 0 saturated carbocycles. The summed E-state index contributed by atoms with van der Waals surface area (Å²) in [6.07, 6.45) is 3.79. The standard InChI is InChI=1S/C15H22N4O2/c1-11-9-16-4-7-19(11)14(20)12-8-13(17-10-12)15(21)18-5-2-3-6-18/h8,10-11,16-17H,2-7,9H2,1H3/t11-/m1/s1. The van der Waals surface area contributed by atoms with Crippen LogP contribution >= 0.6 is 0 Å². The topological polar surface area (TPSA) is 68.4 Å². The lowest BCUT2D eigenvalue weighted by molar-refractivity contribution is 0.0656. The van der Waals surface area contributed by atoms with E-state index < -0.39 is 0 Å². The lowest BCUT2D eigenvalue weighted by Gasteiger charge is -2.33. The first-order valence-electron chi connectivity index (χ1n) is 7.66. The van der Waals surface area contributed by atoms with Gasteiger partial charge in [-0.15, -0.1) is 0 Å². The van der Waals surface area contributed by atoms with Gasteiger partial charge in [0.1, 0.15) is 5.69 Å². The molecule has 1 aromatic rings. The summed E-state index contributed by atoms with van der Waals surface area (Å²) < 4.78 is 0. The highest BCUT2D eigenvalue weighted by Crippen LogP contribution is 2.15. The normalized spacial score (nSPS) is 22.6. The van der Waals surface area contributed by atoms with Crippen LogP contribution in [0.1, 0.15) is 40.6 Å². The zero-order valence-corrected chi connectivity index (χ0v) is 12.4. The summed E-state index contributed by atoms with van der Waals surface area (Å²) in [7, 11) is 0. The van der Waals surface area contributed by atoms with Gasteiger partial charge in [0.2, 0.25) is 0 Å². The molecule has 2 N–H and O–H groups in total. The minimum absolute atomic E-state index is 0.0000840. The van der Waals surface area contributed by atoms with Gasteiger partial charge in [0, 0.05) is 45.0 Å². The average Bonchev–Trinajstić information content (AvgIpc) is 3.18. The number of aromatic nitrogens is 1. The van der Waals surface area contributed by atoms with Crippen molar-refractivity contribution in [3.8, 4) is 0 Å². The monoisotopic (exact) mass is 290 g/mol. The minimum atomic E-state index is -0.0000840. The van der Waals surface area contributed by atoms with Crippen LogP contribution < -0.4 is 5.32 Å². The van der Waals surface area contributed by atoms with Crippen LogP contribution in [0.2, 0.25) is 0 Å². The molecule has 2 aliphatic rings. The summed E-state index contributed by atoms with van der Waals surface area (Å²) in [5.74, 6) is 0.000584. The maximum atomic E-state index is 12.5. The molecular weight excluding hydrogens is 268 g/mol. The van der Waals surface area contributed by atoms with E-state index in [0.717, 1.165) is 39.0 Å². The Hall–Kier alpha value is -1.82. The van der Waals surface area contributed by atoms with Crippen LogP contribution in [0.4, 0.5) is 0 Å². The summed E-state index contributed by atoms with van der Waals surface area (Å²) in [5, 5.41) is 3.27. The molecule has 1 aromatic heterocycles. The van der Waals surface area contributed by atoms with Crippen molar-refractivity contribution in [1.82, 2.24) is 20.1 Å². The van der Waals surface area contributed by atoms with Gasteiger partial charge in [-0.1, -0.05) is 0 Å². The zero-order chi connectivity index (χ0) is 14.8. The van der Waals surface area contributed by atoms with E-state index in [2.05, 4.69) is 10.3 Å². The molecule has 2 aliphatic heterocycles. The molecule has 3 heterocycles. The van der Waals surface area contributed by atoms with Gasteiger partial charge >= 0.3 is 0 Å². The molecular formula is C15H22N4O2. The van der Waals surface area contributed by atoms with Crippen LogP contribution in [0, 0.1) is 0 Å². The fourth-order valence-electron chi connectivity index (χ4n) is 3.04. The molecule has 0 aromatic carbocycles. The van der Waals surface area contributed by atoms with Crippen LogP contribution in [0.15, 0.2) is 12.3 Å². The average molecular weight is 290 g/mol. The number of nitrogens with one attached hydrogen (secondary N) is 2. The van der Waals surface area contributed by atoms with Gasteiger partial charge in [0.05, 0.1) is 5.56 Å². The predicted molar refractivity (Wildman–Crippen MR) is 79.3 cm³/mol. The number of hydrogen-bond acceptors (Lipinski definition) is 3. The maximum Gasteiger partial charge on any atom is 0.270 e. The van der Waals surface area contributed by atoms with Crippen molar-refractivity contribution in [3.63, 3.8) is 0 Å². The van der Waals surface area contributed by atoms with E-state index in [0.29, 0.717) is 17.8 Å². The molecule has 2 amide bonds. The van der Waals surface area contributed by atoms with E-state index in [-0.39, 0.29) is 17.9 Å². The number of nitrogens with zero attached hydrogens (tertiary/aromatic N) is 2. The van der Waals surface area contributed by atoms with Crippen molar-refractivity contribution in [3.05, 3.63) is 23.5 Å². The fraction of sp³-hybridized carbons (Fsp3) is 0.600. The van der Waals surface area contributed by atoms with E-state index in [4.69, 9.17) is 0 Å². The zero-order valence-electron chi connectivity index (χ0n) is 12.4. The van der Waals surface area contributed by atoms with E-state index in [1.54, 1.807) is 12.3 Å². The van der Waals surface area contributed by atoms with Crippen molar-refractivity contribution < 1.29 is 9.59 Å². The number of aromatic amines is 1. The smallest absolute Gasteiger partial charge is 0.270 e. The predicted octanol–water partition coefficient (Wildman–Crippen LogP) is 0.685. The minimum Gasteiger partial charge on any atom is -0.356 e. The second-order valence-corrected chi connectivity index (χ2v) is 5.85. The Labute approximate surface area is 124 Å². The highest BCUT2D eigenvalue weighted by molar-refractivity contribution is 5.99. The van der Waals surface area contributed by atoms with Gasteiger partial charge in [0.25, 0.3) is 11.8 Å². The molecule has 114 valence electrons. The van der Waals surface area contributed by atoms with Gasteiger partial charge in [-0.3, -0.25) is 9.59 Å². The lowest BCUT2D eigenvalue weighted by atomic mass is 10.1. The number of hydrogen-bond donors (Lipinski definition) is 2.